The first-order valence-electron chi connectivity index (χ1n) is 3.99. The summed E-state index contributed by atoms with van der Waals surface area (Å²) < 4.78 is 30.1. The quantitative estimate of drug-likeness (QED) is 0.925. The number of hydrogen-bond acceptors (Lipinski definition) is 2. The molecule has 0 saturated heterocycles. The molecule has 1 rings (SSSR count). The van der Waals surface area contributed by atoms with Crippen molar-refractivity contribution in [1.82, 2.24) is 0 Å². The van der Waals surface area contributed by atoms with E-state index in [1.54, 1.807) is 6.07 Å². The lowest BCUT2D eigenvalue weighted by Gasteiger charge is -2.08. The molecule has 1 aromatic rings. The molecule has 0 unspecified atom stereocenters. The van der Waals surface area contributed by atoms with Gasteiger partial charge in [0.2, 0.25) is 0 Å². The Labute approximate surface area is 93.3 Å². The van der Waals surface area contributed by atoms with Crippen molar-refractivity contribution in [2.45, 2.75) is 13.0 Å². The molecular weight excluding hydrogens is 272 g/mol. The van der Waals surface area contributed by atoms with Crippen LogP contribution in [0.2, 0.25) is 0 Å². The molecule has 0 bridgehead atoms. The van der Waals surface area contributed by atoms with Crippen LogP contribution in [0.5, 0.6) is 0 Å². The van der Waals surface area contributed by atoms with E-state index in [2.05, 4.69) is 20.7 Å². The molecule has 1 aromatic carbocycles. The maximum atomic E-state index is 12.5. The fourth-order valence-corrected chi connectivity index (χ4v) is 1.43. The van der Waals surface area contributed by atoms with E-state index in [0.717, 1.165) is 0 Å². The third-order valence-electron chi connectivity index (χ3n) is 1.71. The summed E-state index contributed by atoms with van der Waals surface area (Å²) in [5.74, 6) is 0. The van der Waals surface area contributed by atoms with Crippen molar-refractivity contribution >= 4 is 22.0 Å². The predicted molar refractivity (Wildman–Crippen MR) is 53.5 cm³/mol. The number of halogens is 3. The van der Waals surface area contributed by atoms with Crippen LogP contribution in [0.4, 0.5) is 13.6 Å². The molecular formula is C9H8BrF2NO2. The Bertz CT molecular complexity index is 371. The lowest BCUT2D eigenvalue weighted by atomic mass is 10.1. The van der Waals surface area contributed by atoms with Crippen LogP contribution in [0.15, 0.2) is 22.7 Å². The molecule has 3 nitrogen and oxygen atoms in total. The third kappa shape index (κ3) is 3.47. The number of amides is 1. The van der Waals surface area contributed by atoms with Gasteiger partial charge in [0, 0.05) is 10.0 Å². The number of carbonyl (C=O) groups excluding carboxylic acids is 1. The average Bonchev–Trinajstić information content (AvgIpc) is 2.15. The Morgan fingerprint density at radius 3 is 2.73 bits per heavy atom. The van der Waals surface area contributed by atoms with Gasteiger partial charge in [-0.1, -0.05) is 22.0 Å². The van der Waals surface area contributed by atoms with Crippen molar-refractivity contribution in [3.63, 3.8) is 0 Å². The van der Waals surface area contributed by atoms with Crippen molar-refractivity contribution in [2.75, 3.05) is 0 Å². The lowest BCUT2D eigenvalue weighted by Crippen LogP contribution is -2.13. The van der Waals surface area contributed by atoms with Crippen molar-refractivity contribution in [3.05, 3.63) is 33.8 Å². The van der Waals surface area contributed by atoms with Crippen molar-refractivity contribution < 1.29 is 18.3 Å². The summed E-state index contributed by atoms with van der Waals surface area (Å²) in [6.45, 7) is -0.248. The van der Waals surface area contributed by atoms with Gasteiger partial charge in [0.15, 0.2) is 0 Å². The van der Waals surface area contributed by atoms with Crippen molar-refractivity contribution in [1.29, 1.82) is 0 Å². The smallest absolute Gasteiger partial charge is 0.404 e. The summed E-state index contributed by atoms with van der Waals surface area (Å²) in [7, 11) is 0. The molecule has 82 valence electrons. The van der Waals surface area contributed by atoms with Gasteiger partial charge in [-0.2, -0.15) is 0 Å². The number of benzene rings is 1. The summed E-state index contributed by atoms with van der Waals surface area (Å²) in [6.07, 6.45) is -3.60. The summed E-state index contributed by atoms with van der Waals surface area (Å²) in [6, 6.07) is 4.32. The first-order valence-corrected chi connectivity index (χ1v) is 4.78. The maximum absolute atomic E-state index is 12.5. The maximum Gasteiger partial charge on any atom is 0.404 e. The van der Waals surface area contributed by atoms with Gasteiger partial charge in [0.05, 0.1) is 0 Å². The molecule has 0 aliphatic rings. The highest BCUT2D eigenvalue weighted by Gasteiger charge is 2.14. The first kappa shape index (κ1) is 11.9. The van der Waals surface area contributed by atoms with Crippen LogP contribution >= 0.6 is 15.9 Å². The topological polar surface area (TPSA) is 52.3 Å². The van der Waals surface area contributed by atoms with E-state index in [1.807, 2.05) is 0 Å². The Kier molecular flexibility index (Phi) is 4.02. The van der Waals surface area contributed by atoms with Crippen LogP contribution in [-0.4, -0.2) is 6.09 Å². The van der Waals surface area contributed by atoms with Gasteiger partial charge < -0.3 is 10.5 Å². The highest BCUT2D eigenvalue weighted by atomic mass is 79.9. The summed E-state index contributed by atoms with van der Waals surface area (Å²) >= 11 is 3.08. The number of ether oxygens (including phenoxy) is 1. The molecule has 0 radical (unpaired) electrons. The van der Waals surface area contributed by atoms with E-state index in [-0.39, 0.29) is 17.7 Å². The van der Waals surface area contributed by atoms with Gasteiger partial charge >= 0.3 is 6.09 Å². The minimum absolute atomic E-state index is 0.175. The molecule has 0 saturated carbocycles. The van der Waals surface area contributed by atoms with Crippen molar-refractivity contribution in [3.8, 4) is 0 Å². The Morgan fingerprint density at radius 2 is 2.20 bits per heavy atom. The average molecular weight is 280 g/mol. The van der Waals surface area contributed by atoms with Gasteiger partial charge in [0.1, 0.15) is 6.61 Å². The van der Waals surface area contributed by atoms with Gasteiger partial charge in [-0.3, -0.25) is 0 Å². The zero-order valence-electron chi connectivity index (χ0n) is 7.54. The van der Waals surface area contributed by atoms with Crippen LogP contribution in [0, 0.1) is 0 Å². The lowest BCUT2D eigenvalue weighted by molar-refractivity contribution is 0.136. The molecule has 0 aromatic heterocycles. The van der Waals surface area contributed by atoms with Crippen LogP contribution < -0.4 is 5.73 Å². The van der Waals surface area contributed by atoms with Gasteiger partial charge in [0.25, 0.3) is 6.43 Å². The van der Waals surface area contributed by atoms with E-state index in [0.29, 0.717) is 4.47 Å². The summed E-state index contributed by atoms with van der Waals surface area (Å²) in [5.41, 5.74) is 4.81. The Morgan fingerprint density at radius 1 is 1.53 bits per heavy atom. The van der Waals surface area contributed by atoms with E-state index in [4.69, 9.17) is 5.73 Å². The minimum atomic E-state index is -2.62. The second-order valence-electron chi connectivity index (χ2n) is 2.75. The molecule has 1 amide bonds. The number of alkyl halides is 2. The second kappa shape index (κ2) is 5.06. The number of nitrogens with two attached hydrogens (primary N) is 1. The Hall–Kier alpha value is -1.17. The van der Waals surface area contributed by atoms with E-state index in [9.17, 15) is 13.6 Å². The molecule has 0 heterocycles. The zero-order valence-corrected chi connectivity index (χ0v) is 9.13. The molecule has 0 atom stereocenters. The molecule has 0 aliphatic heterocycles. The molecule has 0 fully saturated rings. The van der Waals surface area contributed by atoms with Crippen molar-refractivity contribution in [2.24, 2.45) is 5.73 Å². The number of primary amides is 1. The second-order valence-corrected chi connectivity index (χ2v) is 3.67. The van der Waals surface area contributed by atoms with Crippen LogP contribution in [0.1, 0.15) is 17.6 Å². The van der Waals surface area contributed by atoms with Gasteiger partial charge in [-0.15, -0.1) is 0 Å². The van der Waals surface area contributed by atoms with E-state index < -0.39 is 12.5 Å². The number of rotatable bonds is 3. The predicted octanol–water partition coefficient (Wildman–Crippen LogP) is 2.98. The monoisotopic (exact) mass is 279 g/mol. The largest absolute Gasteiger partial charge is 0.445 e. The highest BCUT2D eigenvalue weighted by molar-refractivity contribution is 9.10. The molecule has 0 aliphatic carbocycles. The fourth-order valence-electron chi connectivity index (χ4n) is 1.05. The molecule has 15 heavy (non-hydrogen) atoms. The van der Waals surface area contributed by atoms with E-state index >= 15 is 0 Å². The fraction of sp³-hybridized carbons (Fsp3) is 0.222. The minimum Gasteiger partial charge on any atom is -0.445 e. The van der Waals surface area contributed by atoms with Crippen LogP contribution in [0.3, 0.4) is 0 Å². The molecule has 2 N–H and O–H groups in total. The molecule has 6 heteroatoms. The number of carbonyl (C=O) groups is 1. The highest BCUT2D eigenvalue weighted by Crippen LogP contribution is 2.26. The zero-order chi connectivity index (χ0) is 11.4. The molecule has 0 spiro atoms. The summed E-state index contributed by atoms with van der Waals surface area (Å²) in [4.78, 5) is 10.3. The van der Waals surface area contributed by atoms with Gasteiger partial charge in [-0.25, -0.2) is 13.6 Å². The summed E-state index contributed by atoms with van der Waals surface area (Å²) in [5, 5.41) is 0. The number of hydrogen-bond donors (Lipinski definition) is 1. The van der Waals surface area contributed by atoms with Crippen LogP contribution in [-0.2, 0) is 11.3 Å². The third-order valence-corrected chi connectivity index (χ3v) is 2.21. The SMILES string of the molecule is NC(=O)OCc1ccc(Br)cc1C(F)F. The van der Waals surface area contributed by atoms with E-state index in [1.165, 1.54) is 12.1 Å². The Balaban J connectivity index is 2.90. The standard InChI is InChI=1S/C9H8BrF2NO2/c10-6-2-1-5(4-15-9(13)14)7(3-6)8(11)12/h1-3,8H,4H2,(H2,13,14). The van der Waals surface area contributed by atoms with Gasteiger partial charge in [-0.05, 0) is 17.7 Å². The first-order chi connectivity index (χ1) is 7.00. The normalized spacial score (nSPS) is 10.4. The van der Waals surface area contributed by atoms with Crippen LogP contribution in [0.25, 0.3) is 0 Å².